The summed E-state index contributed by atoms with van der Waals surface area (Å²) in [6.07, 6.45) is 12.7. The van der Waals surface area contributed by atoms with E-state index in [-0.39, 0.29) is 28.6 Å². The summed E-state index contributed by atoms with van der Waals surface area (Å²) in [4.78, 5) is 0. The van der Waals surface area contributed by atoms with Crippen LogP contribution < -0.4 is 0 Å². The molecule has 4 aliphatic carbocycles. The van der Waals surface area contributed by atoms with Gasteiger partial charge in [-0.3, -0.25) is 8.37 Å². The van der Waals surface area contributed by atoms with Gasteiger partial charge in [-0.25, -0.2) is 0 Å². The molecule has 2 unspecified atom stereocenters. The molecule has 31 heavy (non-hydrogen) atoms. The van der Waals surface area contributed by atoms with Crippen molar-refractivity contribution in [3.05, 3.63) is 23.8 Å². The Morgan fingerprint density at radius 2 is 1.68 bits per heavy atom. The van der Waals surface area contributed by atoms with Crippen molar-refractivity contribution < 1.29 is 25.2 Å². The third kappa shape index (κ3) is 3.96. The molecule has 176 valence electrons. The molecule has 0 radical (unpaired) electrons. The first-order valence-electron chi connectivity index (χ1n) is 11.4. The monoisotopic (exact) mass is 472 g/mol. The predicted molar refractivity (Wildman–Crippen MR) is 120 cm³/mol. The summed E-state index contributed by atoms with van der Waals surface area (Å²) in [6.45, 7) is 6.75. The molecule has 0 bridgehead atoms. The van der Waals surface area contributed by atoms with Gasteiger partial charge in [0.05, 0.1) is 12.5 Å². The molecule has 4 rings (SSSR count). The van der Waals surface area contributed by atoms with Gasteiger partial charge >= 0.3 is 0 Å². The van der Waals surface area contributed by atoms with Gasteiger partial charge in [0, 0.05) is 5.41 Å². The fourth-order valence-electron chi connectivity index (χ4n) is 7.71. The van der Waals surface area contributed by atoms with Gasteiger partial charge in [-0.2, -0.15) is 16.8 Å². The van der Waals surface area contributed by atoms with Crippen LogP contribution in [0.3, 0.4) is 0 Å². The lowest BCUT2D eigenvalue weighted by Gasteiger charge is -2.60. The normalized spacial score (nSPS) is 44.9. The van der Waals surface area contributed by atoms with E-state index in [1.165, 1.54) is 0 Å². The summed E-state index contributed by atoms with van der Waals surface area (Å²) in [5.41, 5.74) is 0.603. The zero-order valence-corrected chi connectivity index (χ0v) is 20.8. The second-order valence-corrected chi connectivity index (χ2v) is 13.8. The molecule has 0 aromatic carbocycles. The van der Waals surface area contributed by atoms with E-state index < -0.39 is 32.4 Å². The Balaban J connectivity index is 1.88. The zero-order valence-electron chi connectivity index (χ0n) is 19.2. The second kappa shape index (κ2) is 7.67. The van der Waals surface area contributed by atoms with Crippen LogP contribution >= 0.6 is 0 Å². The first-order valence-corrected chi connectivity index (χ1v) is 15.1. The average Bonchev–Trinajstić information content (AvgIpc) is 2.98. The molecule has 0 aliphatic heterocycles. The van der Waals surface area contributed by atoms with Crippen LogP contribution in [0.25, 0.3) is 0 Å². The molecule has 0 N–H and O–H groups in total. The zero-order chi connectivity index (χ0) is 22.8. The van der Waals surface area contributed by atoms with Gasteiger partial charge < -0.3 is 0 Å². The van der Waals surface area contributed by atoms with Crippen LogP contribution in [0.4, 0.5) is 0 Å². The maximum Gasteiger partial charge on any atom is 0.265 e. The highest BCUT2D eigenvalue weighted by Gasteiger charge is 2.64. The Bertz CT molecular complexity index is 997. The summed E-state index contributed by atoms with van der Waals surface area (Å²) in [7, 11) is -7.63. The number of allylic oxidation sites excluding steroid dienone is 3. The van der Waals surface area contributed by atoms with E-state index in [4.69, 9.17) is 8.37 Å². The van der Waals surface area contributed by atoms with Gasteiger partial charge in [-0.05, 0) is 66.8 Å². The minimum absolute atomic E-state index is 0.0818. The molecule has 0 heterocycles. The van der Waals surface area contributed by atoms with Gasteiger partial charge in [-0.15, -0.1) is 0 Å². The van der Waals surface area contributed by atoms with Gasteiger partial charge in [0.15, 0.2) is 0 Å². The third-order valence-corrected chi connectivity index (χ3v) is 10.0. The van der Waals surface area contributed by atoms with E-state index in [2.05, 4.69) is 32.9 Å². The van der Waals surface area contributed by atoms with E-state index in [0.29, 0.717) is 12.3 Å². The number of hydrogen-bond donors (Lipinski definition) is 0. The lowest BCUT2D eigenvalue weighted by atomic mass is 9.46. The summed E-state index contributed by atoms with van der Waals surface area (Å²) < 4.78 is 60.6. The highest BCUT2D eigenvalue weighted by molar-refractivity contribution is 7.86. The summed E-state index contributed by atoms with van der Waals surface area (Å²) in [5.74, 6) is 0.984. The van der Waals surface area contributed by atoms with Crippen molar-refractivity contribution in [1.29, 1.82) is 0 Å². The first-order chi connectivity index (χ1) is 14.3. The Morgan fingerprint density at radius 1 is 1.00 bits per heavy atom. The van der Waals surface area contributed by atoms with E-state index >= 15 is 0 Å². The largest absolute Gasteiger partial charge is 0.265 e. The molecule has 4 aliphatic rings. The smallest absolute Gasteiger partial charge is 0.263 e. The minimum atomic E-state index is -3.82. The van der Waals surface area contributed by atoms with E-state index in [0.717, 1.165) is 50.2 Å². The van der Waals surface area contributed by atoms with Crippen LogP contribution in [-0.2, 0) is 28.6 Å². The molecule has 3 fully saturated rings. The van der Waals surface area contributed by atoms with Gasteiger partial charge in [0.1, 0.15) is 12.2 Å². The van der Waals surface area contributed by atoms with Crippen LogP contribution in [0.2, 0.25) is 0 Å². The highest BCUT2D eigenvalue weighted by Crippen LogP contribution is 2.67. The van der Waals surface area contributed by atoms with Gasteiger partial charge in [0.25, 0.3) is 20.2 Å². The molecule has 0 aromatic heterocycles. The average molecular weight is 473 g/mol. The Hall–Kier alpha value is -0.700. The van der Waals surface area contributed by atoms with Crippen LogP contribution in [0.15, 0.2) is 23.8 Å². The minimum Gasteiger partial charge on any atom is -0.263 e. The first kappa shape index (κ1) is 23.5. The predicted octanol–water partition coefficient (Wildman–Crippen LogP) is 4.05. The molecule has 0 saturated heterocycles. The quantitative estimate of drug-likeness (QED) is 0.443. The molecule has 8 atom stereocenters. The van der Waals surface area contributed by atoms with Gasteiger partial charge in [-0.1, -0.05) is 45.4 Å². The van der Waals surface area contributed by atoms with Gasteiger partial charge in [0.2, 0.25) is 0 Å². The fraction of sp³-hybridized carbons (Fsp3) is 0.826. The standard InChI is InChI=1S/C23H36O6S2/c1-6-15-10-11-16-19-17(12-14-22(15,16)2)23(3)13-8-7-9-18(23)20(28-30(4,24)25)21(19)29-31(5,26)27/h8-9,13,15-17,19-21H,6-7,10-12,14H2,1-5H3/t15-,16-,17-,19-,20?,21?,22+,23+/m0/s1. The van der Waals surface area contributed by atoms with Crippen molar-refractivity contribution in [2.75, 3.05) is 12.5 Å². The molecule has 0 amide bonds. The van der Waals surface area contributed by atoms with Crippen molar-refractivity contribution in [1.82, 2.24) is 0 Å². The molecule has 3 saturated carbocycles. The molecular formula is C23H36O6S2. The third-order valence-electron chi connectivity index (χ3n) is 8.90. The van der Waals surface area contributed by atoms with E-state index in [1.54, 1.807) is 0 Å². The molecule has 0 spiro atoms. The van der Waals surface area contributed by atoms with Crippen molar-refractivity contribution in [3.8, 4) is 0 Å². The lowest BCUT2D eigenvalue weighted by Crippen LogP contribution is -2.61. The van der Waals surface area contributed by atoms with Crippen LogP contribution in [0.5, 0.6) is 0 Å². The molecule has 8 heteroatoms. The summed E-state index contributed by atoms with van der Waals surface area (Å²) in [5, 5.41) is 0. The van der Waals surface area contributed by atoms with Crippen LogP contribution in [-0.4, -0.2) is 41.6 Å². The molecule has 6 nitrogen and oxygen atoms in total. The van der Waals surface area contributed by atoms with Crippen molar-refractivity contribution in [3.63, 3.8) is 0 Å². The van der Waals surface area contributed by atoms with Crippen LogP contribution in [0, 0.1) is 34.5 Å². The Kier molecular flexibility index (Phi) is 5.81. The number of hydrogen-bond acceptors (Lipinski definition) is 6. The summed E-state index contributed by atoms with van der Waals surface area (Å²) in [6, 6.07) is 0. The molecule has 0 aromatic rings. The van der Waals surface area contributed by atoms with E-state index in [9.17, 15) is 16.8 Å². The Morgan fingerprint density at radius 3 is 2.29 bits per heavy atom. The Labute approximate surface area is 187 Å². The number of rotatable bonds is 5. The van der Waals surface area contributed by atoms with Crippen molar-refractivity contribution in [2.45, 2.75) is 71.5 Å². The maximum atomic E-state index is 12.4. The SMILES string of the molecule is CC[C@H]1CC[C@H]2[C@@H]3C(OS(C)(=O)=O)C(OS(C)(=O)=O)C4=CCC=C[C@]4(C)[C@H]3CC[C@]12C. The van der Waals surface area contributed by atoms with Crippen molar-refractivity contribution in [2.24, 2.45) is 34.5 Å². The maximum absolute atomic E-state index is 12.4. The number of fused-ring (bicyclic) bond motifs is 5. The van der Waals surface area contributed by atoms with Crippen molar-refractivity contribution >= 4 is 20.2 Å². The molecular weight excluding hydrogens is 436 g/mol. The van der Waals surface area contributed by atoms with Crippen LogP contribution in [0.1, 0.15) is 59.3 Å². The van der Waals surface area contributed by atoms with E-state index in [1.807, 2.05) is 6.08 Å². The second-order valence-electron chi connectivity index (χ2n) is 10.6. The summed E-state index contributed by atoms with van der Waals surface area (Å²) >= 11 is 0. The topological polar surface area (TPSA) is 86.7 Å². The highest BCUT2D eigenvalue weighted by atomic mass is 32.2. The fourth-order valence-corrected chi connectivity index (χ4v) is 8.93. The lowest BCUT2D eigenvalue weighted by molar-refractivity contribution is -0.117.